The Morgan fingerprint density at radius 1 is 1.62 bits per heavy atom. The predicted octanol–water partition coefficient (Wildman–Crippen LogP) is 0.826. The van der Waals surface area contributed by atoms with Crippen LogP contribution in [0.15, 0.2) is 18.2 Å². The van der Waals surface area contributed by atoms with Crippen molar-refractivity contribution in [2.45, 2.75) is 6.04 Å². The third-order valence-corrected chi connectivity index (χ3v) is 1.80. The zero-order valence-corrected chi connectivity index (χ0v) is 7.33. The maximum Gasteiger partial charge on any atom is 0.165 e. The van der Waals surface area contributed by atoms with Gasteiger partial charge in [-0.1, -0.05) is 6.07 Å². The first-order valence-corrected chi connectivity index (χ1v) is 3.89. The van der Waals surface area contributed by atoms with Gasteiger partial charge in [0.15, 0.2) is 11.6 Å². The van der Waals surface area contributed by atoms with Crippen LogP contribution in [0, 0.1) is 5.82 Å². The minimum atomic E-state index is -0.491. The quantitative estimate of drug-likeness (QED) is 0.733. The molecule has 3 N–H and O–H groups in total. The monoisotopic (exact) mass is 185 g/mol. The lowest BCUT2D eigenvalue weighted by molar-refractivity contribution is 0.267. The van der Waals surface area contributed by atoms with E-state index < -0.39 is 11.9 Å². The van der Waals surface area contributed by atoms with Crippen molar-refractivity contribution in [1.82, 2.24) is 0 Å². The SMILES string of the molecule is COc1cc([C@H](N)CO)ccc1F. The normalized spacial score (nSPS) is 12.6. The highest BCUT2D eigenvalue weighted by Gasteiger charge is 2.08. The number of aliphatic hydroxyl groups excluding tert-OH is 1. The maximum absolute atomic E-state index is 12.9. The molecule has 0 saturated heterocycles. The summed E-state index contributed by atoms with van der Waals surface area (Å²) in [6.45, 7) is -0.172. The topological polar surface area (TPSA) is 55.5 Å². The highest BCUT2D eigenvalue weighted by atomic mass is 19.1. The number of hydrogen-bond acceptors (Lipinski definition) is 3. The number of benzene rings is 1. The molecule has 1 rings (SSSR count). The van der Waals surface area contributed by atoms with Crippen molar-refractivity contribution < 1.29 is 14.2 Å². The summed E-state index contributed by atoms with van der Waals surface area (Å²) in [5.41, 5.74) is 6.19. The van der Waals surface area contributed by atoms with Crippen LogP contribution in [0.2, 0.25) is 0 Å². The van der Waals surface area contributed by atoms with E-state index in [4.69, 9.17) is 15.6 Å². The van der Waals surface area contributed by atoms with Crippen LogP contribution in [0.1, 0.15) is 11.6 Å². The molecule has 72 valence electrons. The second kappa shape index (κ2) is 4.20. The van der Waals surface area contributed by atoms with Crippen LogP contribution in [0.3, 0.4) is 0 Å². The molecule has 0 saturated carbocycles. The summed E-state index contributed by atoms with van der Waals surface area (Å²) in [4.78, 5) is 0. The van der Waals surface area contributed by atoms with E-state index in [9.17, 15) is 4.39 Å². The van der Waals surface area contributed by atoms with Gasteiger partial charge in [-0.25, -0.2) is 4.39 Å². The summed E-state index contributed by atoms with van der Waals surface area (Å²) >= 11 is 0. The van der Waals surface area contributed by atoms with E-state index in [1.165, 1.54) is 25.3 Å². The molecule has 4 heteroatoms. The van der Waals surface area contributed by atoms with Crippen molar-refractivity contribution >= 4 is 0 Å². The van der Waals surface area contributed by atoms with Crippen LogP contribution in [0.4, 0.5) is 4.39 Å². The summed E-state index contributed by atoms with van der Waals surface area (Å²) in [6, 6.07) is 3.79. The van der Waals surface area contributed by atoms with Gasteiger partial charge < -0.3 is 15.6 Å². The van der Waals surface area contributed by atoms with Gasteiger partial charge in [-0.05, 0) is 17.7 Å². The van der Waals surface area contributed by atoms with Crippen molar-refractivity contribution in [3.63, 3.8) is 0 Å². The summed E-state index contributed by atoms with van der Waals surface area (Å²) < 4.78 is 17.7. The second-order valence-corrected chi connectivity index (χ2v) is 2.68. The van der Waals surface area contributed by atoms with Gasteiger partial charge in [0.05, 0.1) is 19.8 Å². The van der Waals surface area contributed by atoms with Crippen molar-refractivity contribution in [1.29, 1.82) is 0 Å². The standard InChI is InChI=1S/C9H12FNO2/c1-13-9-4-6(8(11)5-12)2-3-7(9)10/h2-4,8,12H,5,11H2,1H3/t8-/m1/s1. The summed E-state index contributed by atoms with van der Waals surface area (Å²) in [5, 5.41) is 8.76. The molecule has 1 aromatic carbocycles. The van der Waals surface area contributed by atoms with Gasteiger partial charge in [0.1, 0.15) is 0 Å². The highest BCUT2D eigenvalue weighted by molar-refractivity contribution is 5.31. The Balaban J connectivity index is 2.99. The first-order chi connectivity index (χ1) is 6.19. The molecule has 0 aliphatic carbocycles. The van der Waals surface area contributed by atoms with E-state index in [0.717, 1.165) is 0 Å². The predicted molar refractivity (Wildman–Crippen MR) is 47.0 cm³/mol. The fraction of sp³-hybridized carbons (Fsp3) is 0.333. The molecule has 0 radical (unpaired) electrons. The number of rotatable bonds is 3. The Kier molecular flexibility index (Phi) is 3.22. The average molecular weight is 185 g/mol. The molecule has 0 aliphatic rings. The number of methoxy groups -OCH3 is 1. The first kappa shape index (κ1) is 9.95. The Hall–Kier alpha value is -1.13. The zero-order valence-electron chi connectivity index (χ0n) is 7.33. The largest absolute Gasteiger partial charge is 0.494 e. The maximum atomic E-state index is 12.9. The minimum Gasteiger partial charge on any atom is -0.494 e. The fourth-order valence-electron chi connectivity index (χ4n) is 1.01. The molecule has 3 nitrogen and oxygen atoms in total. The Morgan fingerprint density at radius 3 is 2.85 bits per heavy atom. The van der Waals surface area contributed by atoms with Crippen molar-refractivity contribution in [3.8, 4) is 5.75 Å². The second-order valence-electron chi connectivity index (χ2n) is 2.68. The molecule has 0 bridgehead atoms. The van der Waals surface area contributed by atoms with Gasteiger partial charge in [-0.2, -0.15) is 0 Å². The molecule has 0 amide bonds. The van der Waals surface area contributed by atoms with Gasteiger partial charge in [0.25, 0.3) is 0 Å². The van der Waals surface area contributed by atoms with E-state index in [1.54, 1.807) is 0 Å². The Bertz CT molecular complexity index is 291. The van der Waals surface area contributed by atoms with Crippen molar-refractivity contribution in [3.05, 3.63) is 29.6 Å². The molecule has 13 heavy (non-hydrogen) atoms. The van der Waals surface area contributed by atoms with E-state index >= 15 is 0 Å². The van der Waals surface area contributed by atoms with Gasteiger partial charge in [0.2, 0.25) is 0 Å². The van der Waals surface area contributed by atoms with E-state index in [1.807, 2.05) is 0 Å². The number of halogens is 1. The van der Waals surface area contributed by atoms with Crippen LogP contribution >= 0.6 is 0 Å². The summed E-state index contributed by atoms with van der Waals surface area (Å²) in [6.07, 6.45) is 0. The molecule has 0 fully saturated rings. The number of ether oxygens (including phenoxy) is 1. The first-order valence-electron chi connectivity index (χ1n) is 3.89. The molecule has 0 unspecified atom stereocenters. The molecular weight excluding hydrogens is 173 g/mol. The molecule has 0 aromatic heterocycles. The Morgan fingerprint density at radius 2 is 2.31 bits per heavy atom. The summed E-state index contributed by atoms with van der Waals surface area (Å²) in [7, 11) is 1.38. The van der Waals surface area contributed by atoms with Crippen LogP contribution in [0.25, 0.3) is 0 Å². The lowest BCUT2D eigenvalue weighted by Gasteiger charge is -2.10. The Labute approximate surface area is 75.9 Å². The van der Waals surface area contributed by atoms with Crippen molar-refractivity contribution in [2.24, 2.45) is 5.73 Å². The van der Waals surface area contributed by atoms with Gasteiger partial charge in [-0.3, -0.25) is 0 Å². The minimum absolute atomic E-state index is 0.140. The van der Waals surface area contributed by atoms with Crippen LogP contribution in [-0.2, 0) is 0 Å². The van der Waals surface area contributed by atoms with E-state index in [2.05, 4.69) is 0 Å². The molecule has 1 atom stereocenters. The van der Waals surface area contributed by atoms with E-state index in [-0.39, 0.29) is 12.4 Å². The molecule has 0 spiro atoms. The molecular formula is C9H12FNO2. The molecule has 1 aromatic rings. The van der Waals surface area contributed by atoms with E-state index in [0.29, 0.717) is 5.56 Å². The smallest absolute Gasteiger partial charge is 0.165 e. The average Bonchev–Trinajstić information content (AvgIpc) is 2.17. The zero-order chi connectivity index (χ0) is 9.84. The highest BCUT2D eigenvalue weighted by Crippen LogP contribution is 2.21. The van der Waals surface area contributed by atoms with Crippen LogP contribution in [0.5, 0.6) is 5.75 Å². The van der Waals surface area contributed by atoms with Gasteiger partial charge >= 0.3 is 0 Å². The molecule has 0 heterocycles. The molecule has 0 aliphatic heterocycles. The van der Waals surface area contributed by atoms with Gasteiger partial charge in [0, 0.05) is 0 Å². The summed E-state index contributed by atoms with van der Waals surface area (Å²) in [5.74, 6) is -0.294. The van der Waals surface area contributed by atoms with Crippen LogP contribution in [-0.4, -0.2) is 18.8 Å². The lowest BCUT2D eigenvalue weighted by atomic mass is 10.1. The third kappa shape index (κ3) is 2.17. The number of aliphatic hydroxyl groups is 1. The third-order valence-electron chi connectivity index (χ3n) is 1.80. The van der Waals surface area contributed by atoms with Crippen LogP contribution < -0.4 is 10.5 Å². The number of nitrogens with two attached hydrogens (primary N) is 1. The fourth-order valence-corrected chi connectivity index (χ4v) is 1.01. The van der Waals surface area contributed by atoms with Crippen molar-refractivity contribution in [2.75, 3.05) is 13.7 Å². The van der Waals surface area contributed by atoms with Gasteiger partial charge in [-0.15, -0.1) is 0 Å². The lowest BCUT2D eigenvalue weighted by Crippen LogP contribution is -2.14. The number of hydrogen-bond donors (Lipinski definition) is 2.